The van der Waals surface area contributed by atoms with Crippen molar-refractivity contribution in [3.8, 4) is 0 Å². The zero-order chi connectivity index (χ0) is 18.6. The summed E-state index contributed by atoms with van der Waals surface area (Å²) in [5, 5.41) is 2.73. The van der Waals surface area contributed by atoms with Crippen LogP contribution in [0, 0.1) is 0 Å². The van der Waals surface area contributed by atoms with Crippen LogP contribution in [-0.4, -0.2) is 14.3 Å². The van der Waals surface area contributed by atoms with Gasteiger partial charge in [0.05, 0.1) is 23.3 Å². The molecule has 3 rings (SSSR count). The third-order valence-corrected chi connectivity index (χ3v) is 5.67. The molecule has 26 heavy (non-hydrogen) atoms. The number of carbonyl (C=O) groups is 1. The Morgan fingerprint density at radius 1 is 1.00 bits per heavy atom. The lowest BCUT2D eigenvalue weighted by Crippen LogP contribution is -2.23. The van der Waals surface area contributed by atoms with Gasteiger partial charge in [-0.3, -0.25) is 4.79 Å². The lowest BCUT2D eigenvalue weighted by Gasteiger charge is -2.09. The molecule has 1 aromatic heterocycles. The van der Waals surface area contributed by atoms with Crippen molar-refractivity contribution in [3.05, 3.63) is 82.7 Å². The molecule has 6 nitrogen and oxygen atoms in total. The first-order valence-corrected chi connectivity index (χ1v) is 9.91. The predicted octanol–water partition coefficient (Wildman–Crippen LogP) is 3.77. The Balaban J connectivity index is 1.68. The van der Waals surface area contributed by atoms with Crippen LogP contribution in [0.25, 0.3) is 0 Å². The summed E-state index contributed by atoms with van der Waals surface area (Å²) >= 11 is 3.33. The summed E-state index contributed by atoms with van der Waals surface area (Å²) in [5.74, 6) is 0.231. The smallest absolute Gasteiger partial charge is 0.256 e. The second kappa shape index (κ2) is 7.86. The van der Waals surface area contributed by atoms with Crippen LogP contribution in [-0.2, 0) is 16.6 Å². The average molecular weight is 435 g/mol. The zero-order valence-corrected chi connectivity index (χ0v) is 15.9. The van der Waals surface area contributed by atoms with Crippen molar-refractivity contribution in [2.45, 2.75) is 11.4 Å². The molecule has 0 bridgehead atoms. The van der Waals surface area contributed by atoms with E-state index in [9.17, 15) is 13.2 Å². The van der Waals surface area contributed by atoms with E-state index >= 15 is 0 Å². The van der Waals surface area contributed by atoms with Crippen molar-refractivity contribution < 1.29 is 17.6 Å². The van der Waals surface area contributed by atoms with Gasteiger partial charge < -0.3 is 9.73 Å². The number of anilines is 1. The number of nitrogens with one attached hydrogen (secondary N) is 2. The van der Waals surface area contributed by atoms with Crippen LogP contribution in [0.5, 0.6) is 0 Å². The summed E-state index contributed by atoms with van der Waals surface area (Å²) in [6, 6.07) is 16.4. The van der Waals surface area contributed by atoms with E-state index in [0.717, 1.165) is 0 Å². The number of benzene rings is 2. The van der Waals surface area contributed by atoms with E-state index in [2.05, 4.69) is 26.0 Å². The van der Waals surface area contributed by atoms with Crippen LogP contribution in [0.4, 0.5) is 5.69 Å². The molecule has 0 aliphatic heterocycles. The summed E-state index contributed by atoms with van der Waals surface area (Å²) in [7, 11) is -3.67. The molecule has 1 amide bonds. The molecule has 0 saturated carbocycles. The molecular formula is C18H15BrN2O4S. The molecule has 0 saturated heterocycles. The van der Waals surface area contributed by atoms with Crippen molar-refractivity contribution in [1.82, 2.24) is 4.72 Å². The van der Waals surface area contributed by atoms with Crippen LogP contribution in [0.2, 0.25) is 0 Å². The highest BCUT2D eigenvalue weighted by Gasteiger charge is 2.15. The van der Waals surface area contributed by atoms with Gasteiger partial charge in [-0.2, -0.15) is 0 Å². The molecule has 2 N–H and O–H groups in total. The summed E-state index contributed by atoms with van der Waals surface area (Å²) in [4.78, 5) is 12.4. The second-order valence-electron chi connectivity index (χ2n) is 5.36. The standard InChI is InChI=1S/C18H15BrN2O4S/c19-17-6-2-1-5-16(17)18(22)21-13-7-9-15(10-8-13)26(23,24)20-12-14-4-3-11-25-14/h1-11,20H,12H2,(H,21,22). The topological polar surface area (TPSA) is 88.4 Å². The largest absolute Gasteiger partial charge is 0.468 e. The van der Waals surface area contributed by atoms with E-state index in [1.165, 1.54) is 30.5 Å². The van der Waals surface area contributed by atoms with Gasteiger partial charge in [-0.15, -0.1) is 0 Å². The van der Waals surface area contributed by atoms with E-state index in [1.807, 2.05) is 6.07 Å². The number of hydrogen-bond acceptors (Lipinski definition) is 4. The van der Waals surface area contributed by atoms with Crippen molar-refractivity contribution in [2.24, 2.45) is 0 Å². The Labute approximate surface area is 159 Å². The fourth-order valence-electron chi connectivity index (χ4n) is 2.22. The van der Waals surface area contributed by atoms with Crippen molar-refractivity contribution in [3.63, 3.8) is 0 Å². The lowest BCUT2D eigenvalue weighted by molar-refractivity contribution is 0.102. The van der Waals surface area contributed by atoms with E-state index in [1.54, 1.807) is 30.3 Å². The van der Waals surface area contributed by atoms with Gasteiger partial charge in [0.2, 0.25) is 10.0 Å². The molecule has 8 heteroatoms. The summed E-state index contributed by atoms with van der Waals surface area (Å²) in [5.41, 5.74) is 0.986. The first kappa shape index (κ1) is 18.4. The van der Waals surface area contributed by atoms with Gasteiger partial charge >= 0.3 is 0 Å². The van der Waals surface area contributed by atoms with Crippen LogP contribution in [0.1, 0.15) is 16.1 Å². The van der Waals surface area contributed by atoms with Gasteiger partial charge in [0.15, 0.2) is 0 Å². The number of furan rings is 1. The molecule has 0 radical (unpaired) electrons. The number of amides is 1. The van der Waals surface area contributed by atoms with Gasteiger partial charge in [0.25, 0.3) is 5.91 Å². The van der Waals surface area contributed by atoms with Gasteiger partial charge in [-0.1, -0.05) is 12.1 Å². The molecule has 134 valence electrons. The maximum absolute atomic E-state index is 12.3. The molecule has 0 atom stereocenters. The van der Waals surface area contributed by atoms with Crippen molar-refractivity contribution >= 4 is 37.5 Å². The van der Waals surface area contributed by atoms with E-state index in [0.29, 0.717) is 21.5 Å². The van der Waals surface area contributed by atoms with Crippen LogP contribution in [0.3, 0.4) is 0 Å². The Morgan fingerprint density at radius 3 is 2.38 bits per heavy atom. The maximum Gasteiger partial charge on any atom is 0.256 e. The van der Waals surface area contributed by atoms with Crippen LogP contribution >= 0.6 is 15.9 Å². The molecule has 0 aliphatic rings. The molecule has 3 aromatic rings. The monoisotopic (exact) mass is 434 g/mol. The zero-order valence-electron chi connectivity index (χ0n) is 13.5. The quantitative estimate of drug-likeness (QED) is 0.617. The molecule has 0 spiro atoms. The van der Waals surface area contributed by atoms with Gasteiger partial charge in [0, 0.05) is 10.2 Å². The number of halogens is 1. The van der Waals surface area contributed by atoms with Gasteiger partial charge in [-0.05, 0) is 64.5 Å². The fraction of sp³-hybridized carbons (Fsp3) is 0.0556. The second-order valence-corrected chi connectivity index (χ2v) is 7.98. The van der Waals surface area contributed by atoms with Crippen molar-refractivity contribution in [2.75, 3.05) is 5.32 Å². The van der Waals surface area contributed by atoms with E-state index < -0.39 is 10.0 Å². The first-order chi connectivity index (χ1) is 12.5. The fourth-order valence-corrected chi connectivity index (χ4v) is 3.68. The first-order valence-electron chi connectivity index (χ1n) is 7.64. The van der Waals surface area contributed by atoms with Crippen molar-refractivity contribution in [1.29, 1.82) is 0 Å². The Kier molecular flexibility index (Phi) is 5.55. The lowest BCUT2D eigenvalue weighted by atomic mass is 10.2. The minimum absolute atomic E-state index is 0.0653. The summed E-state index contributed by atoms with van der Waals surface area (Å²) in [6.07, 6.45) is 1.48. The van der Waals surface area contributed by atoms with E-state index in [-0.39, 0.29) is 17.3 Å². The number of carbonyl (C=O) groups excluding carboxylic acids is 1. The minimum Gasteiger partial charge on any atom is -0.468 e. The van der Waals surface area contributed by atoms with Gasteiger partial charge in [0.1, 0.15) is 5.76 Å². The predicted molar refractivity (Wildman–Crippen MR) is 101 cm³/mol. The third kappa shape index (κ3) is 4.40. The molecule has 0 unspecified atom stereocenters. The summed E-state index contributed by atoms with van der Waals surface area (Å²) in [6.45, 7) is 0.0653. The molecule has 1 heterocycles. The highest BCUT2D eigenvalue weighted by Crippen LogP contribution is 2.19. The highest BCUT2D eigenvalue weighted by molar-refractivity contribution is 9.10. The highest BCUT2D eigenvalue weighted by atomic mass is 79.9. The Morgan fingerprint density at radius 2 is 1.73 bits per heavy atom. The SMILES string of the molecule is O=C(Nc1ccc(S(=O)(=O)NCc2ccco2)cc1)c1ccccc1Br. The minimum atomic E-state index is -3.67. The van der Waals surface area contributed by atoms with Crippen LogP contribution < -0.4 is 10.0 Å². The van der Waals surface area contributed by atoms with Gasteiger partial charge in [-0.25, -0.2) is 13.1 Å². The Bertz CT molecular complexity index is 1000. The maximum atomic E-state index is 12.3. The average Bonchev–Trinajstić information content (AvgIpc) is 3.14. The Hall–Kier alpha value is -2.42. The number of sulfonamides is 1. The molecule has 2 aromatic carbocycles. The summed E-state index contributed by atoms with van der Waals surface area (Å²) < 4.78 is 32.8. The molecule has 0 fully saturated rings. The number of hydrogen-bond donors (Lipinski definition) is 2. The number of rotatable bonds is 6. The third-order valence-electron chi connectivity index (χ3n) is 3.56. The normalized spacial score (nSPS) is 11.3. The molecular weight excluding hydrogens is 420 g/mol. The molecule has 0 aliphatic carbocycles. The van der Waals surface area contributed by atoms with Crippen LogP contribution in [0.15, 0.2) is 80.7 Å². The van der Waals surface area contributed by atoms with E-state index in [4.69, 9.17) is 4.42 Å².